The maximum absolute atomic E-state index is 12.6. The van der Waals surface area contributed by atoms with Crippen molar-refractivity contribution >= 4 is 23.6 Å². The third-order valence-corrected chi connectivity index (χ3v) is 4.69. The van der Waals surface area contributed by atoms with Crippen LogP contribution >= 0.6 is 11.8 Å². The molecule has 0 saturated carbocycles. The van der Waals surface area contributed by atoms with Crippen LogP contribution in [0.25, 0.3) is 0 Å². The van der Waals surface area contributed by atoms with E-state index in [0.717, 1.165) is 5.69 Å². The molecule has 2 amide bonds. The maximum atomic E-state index is 12.6. The summed E-state index contributed by atoms with van der Waals surface area (Å²) in [4.78, 5) is 31.0. The molecule has 5 nitrogen and oxygen atoms in total. The summed E-state index contributed by atoms with van der Waals surface area (Å²) in [5.74, 6) is 1.19. The van der Waals surface area contributed by atoms with Gasteiger partial charge in [-0.25, -0.2) is 0 Å². The van der Waals surface area contributed by atoms with Crippen molar-refractivity contribution in [3.05, 3.63) is 30.1 Å². The average molecular weight is 335 g/mol. The lowest BCUT2D eigenvalue weighted by Gasteiger charge is -2.27. The van der Waals surface area contributed by atoms with Crippen LogP contribution in [0.15, 0.2) is 24.4 Å². The lowest BCUT2D eigenvalue weighted by Crippen LogP contribution is -2.48. The van der Waals surface area contributed by atoms with Crippen molar-refractivity contribution in [2.45, 2.75) is 46.2 Å². The summed E-state index contributed by atoms with van der Waals surface area (Å²) in [6, 6.07) is 5.07. The minimum absolute atomic E-state index is 0.0492. The van der Waals surface area contributed by atoms with Crippen molar-refractivity contribution in [3.63, 3.8) is 0 Å². The zero-order valence-corrected chi connectivity index (χ0v) is 15.0. The fourth-order valence-electron chi connectivity index (χ4n) is 2.48. The first kappa shape index (κ1) is 17.8. The van der Waals surface area contributed by atoms with Crippen LogP contribution in [-0.4, -0.2) is 39.4 Å². The second-order valence-electron chi connectivity index (χ2n) is 7.10. The molecule has 1 N–H and O–H groups in total. The third kappa shape index (κ3) is 4.96. The number of hydrogen-bond acceptors (Lipinski definition) is 4. The monoisotopic (exact) mass is 335 g/mol. The number of rotatable bonds is 4. The number of pyridine rings is 1. The molecular formula is C17H25N3O2S. The first-order valence-corrected chi connectivity index (χ1v) is 9.02. The van der Waals surface area contributed by atoms with Gasteiger partial charge in [-0.1, -0.05) is 26.8 Å². The number of thioether (sulfide) groups is 1. The van der Waals surface area contributed by atoms with E-state index in [0.29, 0.717) is 18.1 Å². The number of amides is 2. The van der Waals surface area contributed by atoms with E-state index in [9.17, 15) is 9.59 Å². The number of aromatic nitrogens is 1. The van der Waals surface area contributed by atoms with E-state index < -0.39 is 0 Å². The van der Waals surface area contributed by atoms with Crippen molar-refractivity contribution < 1.29 is 9.59 Å². The quantitative estimate of drug-likeness (QED) is 0.919. The van der Waals surface area contributed by atoms with Gasteiger partial charge in [0.15, 0.2) is 0 Å². The topological polar surface area (TPSA) is 62.3 Å². The predicted octanol–water partition coefficient (Wildman–Crippen LogP) is 2.60. The van der Waals surface area contributed by atoms with Crippen LogP contribution < -0.4 is 5.32 Å². The lowest BCUT2D eigenvalue weighted by atomic mass is 9.91. The molecule has 0 spiro atoms. The number of hydrogen-bond donors (Lipinski definition) is 1. The van der Waals surface area contributed by atoms with E-state index in [-0.39, 0.29) is 29.3 Å². The molecule has 2 rings (SSSR count). The van der Waals surface area contributed by atoms with Crippen LogP contribution in [-0.2, 0) is 9.59 Å². The van der Waals surface area contributed by atoms with Gasteiger partial charge in [-0.3, -0.25) is 14.6 Å². The molecular weight excluding hydrogens is 310 g/mol. The average Bonchev–Trinajstić information content (AvgIpc) is 2.96. The first-order valence-electron chi connectivity index (χ1n) is 7.86. The molecule has 1 aliphatic heterocycles. The Morgan fingerprint density at radius 2 is 2.17 bits per heavy atom. The molecule has 1 aromatic heterocycles. The second-order valence-corrected chi connectivity index (χ2v) is 8.10. The molecule has 2 heterocycles. The molecule has 0 unspecified atom stereocenters. The maximum Gasteiger partial charge on any atom is 0.244 e. The fourth-order valence-corrected chi connectivity index (χ4v) is 3.66. The van der Waals surface area contributed by atoms with Gasteiger partial charge in [-0.05, 0) is 24.5 Å². The van der Waals surface area contributed by atoms with Crippen molar-refractivity contribution in [2.24, 2.45) is 5.41 Å². The largest absolute Gasteiger partial charge is 0.346 e. The molecule has 2 atom stereocenters. The summed E-state index contributed by atoms with van der Waals surface area (Å²) >= 11 is 1.62. The molecule has 6 heteroatoms. The Bertz CT molecular complexity index is 557. The summed E-state index contributed by atoms with van der Waals surface area (Å²) < 4.78 is 0. The Kier molecular flexibility index (Phi) is 5.68. The Morgan fingerprint density at radius 1 is 1.43 bits per heavy atom. The third-order valence-electron chi connectivity index (χ3n) is 3.68. The van der Waals surface area contributed by atoms with Gasteiger partial charge in [0.2, 0.25) is 11.8 Å². The van der Waals surface area contributed by atoms with E-state index in [1.54, 1.807) is 22.9 Å². The van der Waals surface area contributed by atoms with E-state index >= 15 is 0 Å². The zero-order chi connectivity index (χ0) is 17.0. The Hall–Kier alpha value is -1.56. The minimum Gasteiger partial charge on any atom is -0.346 e. The van der Waals surface area contributed by atoms with Crippen LogP contribution in [0.3, 0.4) is 0 Å². The fraction of sp³-hybridized carbons (Fsp3) is 0.588. The molecule has 0 aromatic carbocycles. The van der Waals surface area contributed by atoms with Crippen LogP contribution in [0.2, 0.25) is 0 Å². The summed E-state index contributed by atoms with van der Waals surface area (Å²) in [5, 5.41) is 2.98. The molecule has 1 aliphatic rings. The smallest absolute Gasteiger partial charge is 0.244 e. The van der Waals surface area contributed by atoms with Gasteiger partial charge in [0.05, 0.1) is 17.6 Å². The Balaban J connectivity index is 1.99. The summed E-state index contributed by atoms with van der Waals surface area (Å²) in [6.07, 6.45) is 2.16. The number of nitrogens with one attached hydrogen (secondary N) is 1. The van der Waals surface area contributed by atoms with E-state index in [2.05, 4.69) is 10.3 Å². The van der Waals surface area contributed by atoms with Crippen molar-refractivity contribution in [2.75, 3.05) is 11.6 Å². The first-order chi connectivity index (χ1) is 10.8. The van der Waals surface area contributed by atoms with E-state index in [1.165, 1.54) is 0 Å². The van der Waals surface area contributed by atoms with Gasteiger partial charge in [-0.2, -0.15) is 0 Å². The van der Waals surface area contributed by atoms with Gasteiger partial charge in [0.25, 0.3) is 0 Å². The molecule has 0 radical (unpaired) electrons. The van der Waals surface area contributed by atoms with Gasteiger partial charge in [-0.15, -0.1) is 11.8 Å². The highest BCUT2D eigenvalue weighted by molar-refractivity contribution is 7.99. The molecule has 1 fully saturated rings. The van der Waals surface area contributed by atoms with E-state index in [4.69, 9.17) is 0 Å². The lowest BCUT2D eigenvalue weighted by molar-refractivity contribution is -0.139. The highest BCUT2D eigenvalue weighted by atomic mass is 32.2. The molecule has 1 saturated heterocycles. The normalized spacial score (nSPS) is 19.5. The highest BCUT2D eigenvalue weighted by Crippen LogP contribution is 2.27. The van der Waals surface area contributed by atoms with Crippen molar-refractivity contribution in [1.29, 1.82) is 0 Å². The van der Waals surface area contributed by atoms with Crippen molar-refractivity contribution in [1.82, 2.24) is 15.2 Å². The SMILES string of the molecule is C[C@@H](NC(=O)[C@@H]1CSCN1C(=O)CC(C)(C)C)c1ccccn1. The minimum atomic E-state index is -0.388. The Morgan fingerprint density at radius 3 is 2.78 bits per heavy atom. The van der Waals surface area contributed by atoms with Gasteiger partial charge < -0.3 is 10.2 Å². The number of nitrogens with zero attached hydrogens (tertiary/aromatic N) is 2. The number of carbonyl (C=O) groups is 2. The zero-order valence-electron chi connectivity index (χ0n) is 14.2. The molecule has 23 heavy (non-hydrogen) atoms. The highest BCUT2D eigenvalue weighted by Gasteiger charge is 2.36. The summed E-state index contributed by atoms with van der Waals surface area (Å²) in [6.45, 7) is 8.01. The van der Waals surface area contributed by atoms with Crippen LogP contribution in [0.4, 0.5) is 0 Å². The molecule has 126 valence electrons. The van der Waals surface area contributed by atoms with Gasteiger partial charge in [0, 0.05) is 18.4 Å². The summed E-state index contributed by atoms with van der Waals surface area (Å²) in [5.41, 5.74) is 0.742. The van der Waals surface area contributed by atoms with Crippen LogP contribution in [0.1, 0.15) is 45.9 Å². The molecule has 0 aliphatic carbocycles. The van der Waals surface area contributed by atoms with Crippen LogP contribution in [0.5, 0.6) is 0 Å². The Labute approximate surface area is 142 Å². The van der Waals surface area contributed by atoms with Gasteiger partial charge >= 0.3 is 0 Å². The number of carbonyl (C=O) groups excluding carboxylic acids is 2. The van der Waals surface area contributed by atoms with E-state index in [1.807, 2.05) is 45.9 Å². The standard InChI is InChI=1S/C17H25N3O2S/c1-12(13-7-5-6-8-18-13)19-16(22)14-10-23-11-20(14)15(21)9-17(2,3)4/h5-8,12,14H,9-11H2,1-4H3,(H,19,22)/t12-,14+/m1/s1. The molecule has 1 aromatic rings. The van der Waals surface area contributed by atoms with Gasteiger partial charge in [0.1, 0.15) is 6.04 Å². The predicted molar refractivity (Wildman–Crippen MR) is 92.8 cm³/mol. The summed E-state index contributed by atoms with van der Waals surface area (Å²) in [7, 11) is 0. The van der Waals surface area contributed by atoms with Crippen molar-refractivity contribution in [3.8, 4) is 0 Å². The molecule has 0 bridgehead atoms. The van der Waals surface area contributed by atoms with Crippen LogP contribution in [0, 0.1) is 5.41 Å². The second kappa shape index (κ2) is 7.34.